The molecule has 0 spiro atoms. The molecule has 34 heavy (non-hydrogen) atoms. The zero-order valence-corrected chi connectivity index (χ0v) is 19.8. The molecule has 3 heterocycles. The predicted octanol–water partition coefficient (Wildman–Crippen LogP) is 4.46. The second-order valence-corrected chi connectivity index (χ2v) is 9.33. The Balaban J connectivity index is 1.29. The van der Waals surface area contributed by atoms with Crippen molar-refractivity contribution >= 4 is 39.7 Å². The van der Waals surface area contributed by atoms with Gasteiger partial charge in [0.25, 0.3) is 0 Å². The number of aryl methyl sites for hydroxylation is 1. The molecule has 172 valence electrons. The largest absolute Gasteiger partial charge is 0.346 e. The Morgan fingerprint density at radius 2 is 1.85 bits per heavy atom. The molecule has 2 aromatic heterocycles. The van der Waals surface area contributed by atoms with E-state index in [1.807, 2.05) is 36.6 Å². The molecule has 0 saturated heterocycles. The number of nitrogens with one attached hydrogen (secondary N) is 2. The molecule has 6 nitrogen and oxygen atoms in total. The highest BCUT2D eigenvalue weighted by Crippen LogP contribution is 2.29. The Kier molecular flexibility index (Phi) is 6.38. The van der Waals surface area contributed by atoms with Gasteiger partial charge in [-0.05, 0) is 59.0 Å². The standard InChI is InChI=1S/C27H26N4O2S/c1-18-14-24(22-8-4-5-9-23(22)29-18)30-27(33)26(32)28-15-25(21-11-13-34-17-21)31-12-10-19-6-2-3-7-20(19)16-31/h2-9,11,13-14,17,25H,10,12,15-16H2,1H3,(H,28,32)(H,29,30,33)/t25-/m1/s1. The van der Waals surface area contributed by atoms with E-state index >= 15 is 0 Å². The van der Waals surface area contributed by atoms with E-state index in [4.69, 9.17) is 0 Å². The van der Waals surface area contributed by atoms with E-state index in [1.165, 1.54) is 11.1 Å². The van der Waals surface area contributed by atoms with Gasteiger partial charge >= 0.3 is 11.8 Å². The number of amides is 2. The molecule has 1 aliphatic heterocycles. The van der Waals surface area contributed by atoms with Crippen molar-refractivity contribution in [2.24, 2.45) is 0 Å². The first-order valence-corrected chi connectivity index (χ1v) is 12.3. The normalized spacial score (nSPS) is 14.4. The van der Waals surface area contributed by atoms with E-state index < -0.39 is 11.8 Å². The van der Waals surface area contributed by atoms with Gasteiger partial charge in [-0.15, -0.1) is 0 Å². The number of hydrogen-bond acceptors (Lipinski definition) is 5. The Morgan fingerprint density at radius 3 is 2.68 bits per heavy atom. The third-order valence-electron chi connectivity index (χ3n) is 6.28. The fourth-order valence-electron chi connectivity index (χ4n) is 4.57. The number of benzene rings is 2. The number of pyridine rings is 1. The van der Waals surface area contributed by atoms with E-state index in [-0.39, 0.29) is 6.04 Å². The van der Waals surface area contributed by atoms with Crippen LogP contribution >= 0.6 is 11.3 Å². The van der Waals surface area contributed by atoms with Gasteiger partial charge in [0.15, 0.2) is 0 Å². The molecule has 0 fully saturated rings. The highest BCUT2D eigenvalue weighted by atomic mass is 32.1. The number of aromatic nitrogens is 1. The van der Waals surface area contributed by atoms with Gasteiger partial charge in [0, 0.05) is 30.7 Å². The van der Waals surface area contributed by atoms with Crippen molar-refractivity contribution in [3.8, 4) is 0 Å². The maximum atomic E-state index is 12.8. The topological polar surface area (TPSA) is 74.3 Å². The van der Waals surface area contributed by atoms with Crippen LogP contribution in [0.2, 0.25) is 0 Å². The first-order chi connectivity index (χ1) is 16.6. The molecule has 2 aromatic carbocycles. The lowest BCUT2D eigenvalue weighted by molar-refractivity contribution is -0.136. The van der Waals surface area contributed by atoms with Crippen molar-refractivity contribution < 1.29 is 9.59 Å². The molecule has 7 heteroatoms. The number of para-hydroxylation sites is 1. The van der Waals surface area contributed by atoms with E-state index in [0.29, 0.717) is 12.2 Å². The Labute approximate surface area is 202 Å². The van der Waals surface area contributed by atoms with Crippen molar-refractivity contribution in [1.82, 2.24) is 15.2 Å². The Hall–Kier alpha value is -3.55. The van der Waals surface area contributed by atoms with Crippen molar-refractivity contribution in [3.05, 3.63) is 93.8 Å². The molecule has 0 unspecified atom stereocenters. The van der Waals surface area contributed by atoms with E-state index in [1.54, 1.807) is 17.4 Å². The van der Waals surface area contributed by atoms with Crippen molar-refractivity contribution in [3.63, 3.8) is 0 Å². The zero-order chi connectivity index (χ0) is 23.5. The summed E-state index contributed by atoms with van der Waals surface area (Å²) in [4.78, 5) is 32.4. The van der Waals surface area contributed by atoms with Gasteiger partial charge in [0.1, 0.15) is 0 Å². The highest BCUT2D eigenvalue weighted by Gasteiger charge is 2.26. The van der Waals surface area contributed by atoms with Crippen LogP contribution in [0.4, 0.5) is 5.69 Å². The van der Waals surface area contributed by atoms with Gasteiger partial charge in [-0.1, -0.05) is 42.5 Å². The third kappa shape index (κ3) is 4.71. The first-order valence-electron chi connectivity index (χ1n) is 11.4. The summed E-state index contributed by atoms with van der Waals surface area (Å²) in [6.45, 7) is 3.95. The summed E-state index contributed by atoms with van der Waals surface area (Å²) in [5, 5.41) is 10.6. The Bertz CT molecular complexity index is 1340. The summed E-state index contributed by atoms with van der Waals surface area (Å²) in [6.07, 6.45) is 0.972. The van der Waals surface area contributed by atoms with Crippen LogP contribution < -0.4 is 10.6 Å². The molecule has 2 amide bonds. The third-order valence-corrected chi connectivity index (χ3v) is 6.99. The summed E-state index contributed by atoms with van der Waals surface area (Å²) in [5.74, 6) is -1.32. The van der Waals surface area contributed by atoms with Gasteiger partial charge in [-0.3, -0.25) is 19.5 Å². The maximum absolute atomic E-state index is 12.8. The zero-order valence-electron chi connectivity index (χ0n) is 19.0. The average Bonchev–Trinajstić information content (AvgIpc) is 3.38. The van der Waals surface area contributed by atoms with Crippen LogP contribution in [-0.4, -0.2) is 34.8 Å². The van der Waals surface area contributed by atoms with Gasteiger partial charge in [-0.25, -0.2) is 0 Å². The molecule has 0 radical (unpaired) electrons. The van der Waals surface area contributed by atoms with Crippen LogP contribution in [-0.2, 0) is 22.6 Å². The minimum atomic E-state index is -0.677. The highest BCUT2D eigenvalue weighted by molar-refractivity contribution is 7.08. The van der Waals surface area contributed by atoms with Crippen molar-refractivity contribution in [2.45, 2.75) is 25.9 Å². The minimum Gasteiger partial charge on any atom is -0.346 e. The van der Waals surface area contributed by atoms with Crippen LogP contribution in [0, 0.1) is 6.92 Å². The monoisotopic (exact) mass is 470 g/mol. The predicted molar refractivity (Wildman–Crippen MR) is 136 cm³/mol. The van der Waals surface area contributed by atoms with Gasteiger partial charge in [-0.2, -0.15) is 11.3 Å². The number of carbonyl (C=O) groups excluding carboxylic acids is 2. The summed E-state index contributed by atoms with van der Waals surface area (Å²) in [5.41, 5.74) is 5.99. The Morgan fingerprint density at radius 1 is 1.06 bits per heavy atom. The molecule has 0 bridgehead atoms. The number of anilines is 1. The second kappa shape index (κ2) is 9.75. The number of hydrogen-bond donors (Lipinski definition) is 2. The molecular formula is C27H26N4O2S. The molecule has 4 aromatic rings. The van der Waals surface area contributed by atoms with Crippen LogP contribution in [0.3, 0.4) is 0 Å². The fourth-order valence-corrected chi connectivity index (χ4v) is 5.27. The maximum Gasteiger partial charge on any atom is 0.313 e. The van der Waals surface area contributed by atoms with Gasteiger partial charge in [0.2, 0.25) is 0 Å². The molecule has 1 aliphatic rings. The molecule has 0 aliphatic carbocycles. The lowest BCUT2D eigenvalue weighted by atomic mass is 9.97. The summed E-state index contributed by atoms with van der Waals surface area (Å²) in [7, 11) is 0. The quantitative estimate of drug-likeness (QED) is 0.423. The lowest BCUT2D eigenvalue weighted by Gasteiger charge is -2.35. The van der Waals surface area contributed by atoms with Crippen LogP contribution in [0.5, 0.6) is 0 Å². The summed E-state index contributed by atoms with van der Waals surface area (Å²) < 4.78 is 0. The van der Waals surface area contributed by atoms with Crippen LogP contribution in [0.15, 0.2) is 71.4 Å². The van der Waals surface area contributed by atoms with E-state index in [0.717, 1.165) is 41.7 Å². The number of thiophene rings is 1. The smallest absolute Gasteiger partial charge is 0.313 e. The van der Waals surface area contributed by atoms with E-state index in [9.17, 15) is 9.59 Å². The molecular weight excluding hydrogens is 444 g/mol. The van der Waals surface area contributed by atoms with Crippen LogP contribution in [0.25, 0.3) is 10.9 Å². The molecule has 2 N–H and O–H groups in total. The average molecular weight is 471 g/mol. The summed E-state index contributed by atoms with van der Waals surface area (Å²) >= 11 is 1.64. The van der Waals surface area contributed by atoms with Crippen LogP contribution in [0.1, 0.15) is 28.4 Å². The molecule has 5 rings (SSSR count). The number of carbonyl (C=O) groups is 2. The number of rotatable bonds is 5. The number of nitrogens with zero attached hydrogens (tertiary/aromatic N) is 2. The molecule has 1 atom stereocenters. The van der Waals surface area contributed by atoms with E-state index in [2.05, 4.69) is 56.2 Å². The van der Waals surface area contributed by atoms with Gasteiger partial charge < -0.3 is 10.6 Å². The van der Waals surface area contributed by atoms with Crippen molar-refractivity contribution in [2.75, 3.05) is 18.4 Å². The van der Waals surface area contributed by atoms with Gasteiger partial charge in [0.05, 0.1) is 17.2 Å². The fraction of sp³-hybridized carbons (Fsp3) is 0.222. The second-order valence-electron chi connectivity index (χ2n) is 8.55. The number of fused-ring (bicyclic) bond motifs is 2. The summed E-state index contributed by atoms with van der Waals surface area (Å²) in [6, 6.07) is 19.9. The minimum absolute atomic E-state index is 0.000330. The van der Waals surface area contributed by atoms with Crippen molar-refractivity contribution in [1.29, 1.82) is 0 Å². The lowest BCUT2D eigenvalue weighted by Crippen LogP contribution is -2.43. The molecule has 0 saturated carbocycles. The SMILES string of the molecule is Cc1cc(NC(=O)C(=O)NC[C@H](c2ccsc2)N2CCc3ccccc3C2)c2ccccc2n1. The first kappa shape index (κ1) is 22.3.